The van der Waals surface area contributed by atoms with Gasteiger partial charge in [-0.2, -0.15) is 0 Å². The molecule has 2 N–H and O–H groups in total. The first-order chi connectivity index (χ1) is 3.71. The molecule has 0 spiro atoms. The first-order valence-corrected chi connectivity index (χ1v) is 2.55. The van der Waals surface area contributed by atoms with Crippen LogP contribution in [0.5, 0.6) is 0 Å². The summed E-state index contributed by atoms with van der Waals surface area (Å²) in [5.41, 5.74) is 2.77. The van der Waals surface area contributed by atoms with Gasteiger partial charge >= 0.3 is 0 Å². The zero-order valence-corrected chi connectivity index (χ0v) is 4.46. The number of aliphatic hydroxyl groups is 2. The maximum absolute atomic E-state index is 8.83. The Morgan fingerprint density at radius 3 is 2.00 bits per heavy atom. The van der Waals surface area contributed by atoms with Crippen LogP contribution >= 0.6 is 0 Å². The lowest BCUT2D eigenvalue weighted by Gasteiger charge is -2.18. The van der Waals surface area contributed by atoms with Gasteiger partial charge in [-0.25, -0.2) is 0 Å². The quantitative estimate of drug-likeness (QED) is 0.346. The molecule has 0 saturated carbocycles. The fraction of sp³-hybridized carbons (Fsp3) is 0.500. The van der Waals surface area contributed by atoms with Crippen LogP contribution in [0.4, 0.5) is 0 Å². The van der Waals surface area contributed by atoms with Crippen LogP contribution < -0.4 is 0 Å². The molecule has 44 valence electrons. The molecule has 2 nitrogen and oxygen atoms in total. The summed E-state index contributed by atoms with van der Waals surface area (Å²) >= 11 is 0. The van der Waals surface area contributed by atoms with E-state index in [0.29, 0.717) is 12.8 Å². The van der Waals surface area contributed by atoms with Gasteiger partial charge in [-0.15, -0.1) is 5.73 Å². The molecule has 0 bridgehead atoms. The van der Waals surface area contributed by atoms with E-state index in [9.17, 15) is 0 Å². The van der Waals surface area contributed by atoms with Crippen LogP contribution in [0.3, 0.4) is 0 Å². The van der Waals surface area contributed by atoms with Crippen LogP contribution in [0.1, 0.15) is 12.8 Å². The third kappa shape index (κ3) is 1.20. The van der Waals surface area contributed by atoms with Crippen molar-refractivity contribution in [3.63, 3.8) is 0 Å². The van der Waals surface area contributed by atoms with Gasteiger partial charge in [0.25, 0.3) is 0 Å². The average molecular weight is 112 g/mol. The molecule has 0 aromatic carbocycles. The summed E-state index contributed by atoms with van der Waals surface area (Å²) in [6.45, 7) is 0. The molecule has 1 rings (SSSR count). The van der Waals surface area contributed by atoms with Gasteiger partial charge in [0, 0.05) is 12.8 Å². The van der Waals surface area contributed by atoms with Crippen molar-refractivity contribution < 1.29 is 10.2 Å². The van der Waals surface area contributed by atoms with Crippen molar-refractivity contribution in [2.45, 2.75) is 18.6 Å². The second-order valence-electron chi connectivity index (χ2n) is 1.97. The lowest BCUT2D eigenvalue weighted by molar-refractivity contribution is -0.154. The van der Waals surface area contributed by atoms with E-state index in [1.807, 2.05) is 0 Å². The van der Waals surface area contributed by atoms with Crippen LogP contribution in [0.15, 0.2) is 17.9 Å². The van der Waals surface area contributed by atoms with Gasteiger partial charge in [-0.3, -0.25) is 0 Å². The summed E-state index contributed by atoms with van der Waals surface area (Å²) < 4.78 is 0. The molecule has 1 aliphatic carbocycles. The molecular formula is C6H8O2. The van der Waals surface area contributed by atoms with Gasteiger partial charge in [0.05, 0.1) is 0 Å². The zero-order chi connectivity index (χ0) is 6.04. The summed E-state index contributed by atoms with van der Waals surface area (Å²) in [6.07, 6.45) is 3.82. The van der Waals surface area contributed by atoms with Gasteiger partial charge in [0.2, 0.25) is 0 Å². The van der Waals surface area contributed by atoms with Crippen LogP contribution in [0.2, 0.25) is 0 Å². The first kappa shape index (κ1) is 5.57. The summed E-state index contributed by atoms with van der Waals surface area (Å²) in [6, 6.07) is 0. The maximum Gasteiger partial charge on any atom is 0.170 e. The van der Waals surface area contributed by atoms with Crippen LogP contribution in [-0.4, -0.2) is 16.0 Å². The van der Waals surface area contributed by atoms with E-state index in [1.54, 1.807) is 12.2 Å². The molecule has 0 heterocycles. The fourth-order valence-electron chi connectivity index (χ4n) is 0.611. The molecule has 0 radical (unpaired) electrons. The summed E-state index contributed by atoms with van der Waals surface area (Å²) in [7, 11) is 0. The molecule has 0 amide bonds. The largest absolute Gasteiger partial charge is 0.365 e. The minimum absolute atomic E-state index is 0.295. The summed E-state index contributed by atoms with van der Waals surface area (Å²) in [5, 5.41) is 17.7. The molecule has 0 aromatic rings. The third-order valence-electron chi connectivity index (χ3n) is 1.09. The Morgan fingerprint density at radius 2 is 1.75 bits per heavy atom. The minimum atomic E-state index is -1.49. The van der Waals surface area contributed by atoms with Crippen LogP contribution in [0, 0.1) is 0 Å². The summed E-state index contributed by atoms with van der Waals surface area (Å²) in [4.78, 5) is 0. The lowest BCUT2D eigenvalue weighted by atomic mass is 10.1. The second kappa shape index (κ2) is 1.75. The smallest absolute Gasteiger partial charge is 0.170 e. The Balaban J connectivity index is 2.62. The van der Waals surface area contributed by atoms with E-state index in [4.69, 9.17) is 10.2 Å². The van der Waals surface area contributed by atoms with Crippen molar-refractivity contribution in [1.29, 1.82) is 0 Å². The van der Waals surface area contributed by atoms with E-state index in [2.05, 4.69) is 5.73 Å². The minimum Gasteiger partial charge on any atom is -0.365 e. The third-order valence-corrected chi connectivity index (χ3v) is 1.09. The Morgan fingerprint density at radius 1 is 1.25 bits per heavy atom. The molecule has 0 saturated heterocycles. The van der Waals surface area contributed by atoms with E-state index in [1.165, 1.54) is 0 Å². The van der Waals surface area contributed by atoms with Gasteiger partial charge in [-0.1, -0.05) is 0 Å². The Kier molecular flexibility index (Phi) is 1.22. The molecule has 2 heteroatoms. The first-order valence-electron chi connectivity index (χ1n) is 2.55. The van der Waals surface area contributed by atoms with Crippen molar-refractivity contribution in [2.24, 2.45) is 0 Å². The molecule has 0 aromatic heterocycles. The second-order valence-corrected chi connectivity index (χ2v) is 1.97. The van der Waals surface area contributed by atoms with Crippen molar-refractivity contribution in [2.75, 3.05) is 0 Å². The van der Waals surface area contributed by atoms with Gasteiger partial charge < -0.3 is 10.2 Å². The Labute approximate surface area is 47.8 Å². The topological polar surface area (TPSA) is 40.5 Å². The van der Waals surface area contributed by atoms with Crippen molar-refractivity contribution in [3.8, 4) is 0 Å². The van der Waals surface area contributed by atoms with E-state index in [0.717, 1.165) is 0 Å². The molecule has 8 heavy (non-hydrogen) atoms. The highest BCUT2D eigenvalue weighted by Gasteiger charge is 2.20. The van der Waals surface area contributed by atoms with Crippen LogP contribution in [0.25, 0.3) is 0 Å². The highest BCUT2D eigenvalue weighted by atomic mass is 16.5. The molecule has 0 aliphatic heterocycles. The zero-order valence-electron chi connectivity index (χ0n) is 4.46. The Hall–Kier alpha value is -0.560. The van der Waals surface area contributed by atoms with Crippen LogP contribution in [-0.2, 0) is 0 Å². The van der Waals surface area contributed by atoms with E-state index in [-0.39, 0.29) is 0 Å². The molecule has 0 unspecified atom stereocenters. The normalized spacial score (nSPS) is 23.8. The predicted molar refractivity (Wildman–Crippen MR) is 29.1 cm³/mol. The SMILES string of the molecule is OC1(O)CC=C=CC1. The predicted octanol–water partition coefficient (Wildman–Crippen LogP) is 0.172. The van der Waals surface area contributed by atoms with Crippen molar-refractivity contribution >= 4 is 0 Å². The molecule has 0 fully saturated rings. The van der Waals surface area contributed by atoms with Gasteiger partial charge in [-0.05, 0) is 12.2 Å². The highest BCUT2D eigenvalue weighted by Crippen LogP contribution is 2.14. The van der Waals surface area contributed by atoms with Gasteiger partial charge in [0.15, 0.2) is 5.79 Å². The van der Waals surface area contributed by atoms with Gasteiger partial charge in [0.1, 0.15) is 0 Å². The lowest BCUT2D eigenvalue weighted by Crippen LogP contribution is -2.26. The molecular weight excluding hydrogens is 104 g/mol. The maximum atomic E-state index is 8.83. The molecule has 0 atom stereocenters. The molecule has 1 aliphatic rings. The monoisotopic (exact) mass is 112 g/mol. The number of hydrogen-bond donors (Lipinski definition) is 2. The van der Waals surface area contributed by atoms with E-state index >= 15 is 0 Å². The number of hydrogen-bond acceptors (Lipinski definition) is 2. The Bertz CT molecular complexity index is 129. The average Bonchev–Trinajstić information content (AvgIpc) is 1.65. The highest BCUT2D eigenvalue weighted by molar-refractivity contribution is 4.97. The van der Waals surface area contributed by atoms with E-state index < -0.39 is 5.79 Å². The summed E-state index contributed by atoms with van der Waals surface area (Å²) in [5.74, 6) is -1.49. The fourth-order valence-corrected chi connectivity index (χ4v) is 0.611. The van der Waals surface area contributed by atoms with Crippen molar-refractivity contribution in [3.05, 3.63) is 17.9 Å². The number of rotatable bonds is 0. The van der Waals surface area contributed by atoms with Crippen molar-refractivity contribution in [1.82, 2.24) is 0 Å². The standard InChI is InChI=1S/C6H8O2/c7-6(8)4-2-1-3-5-6/h2-3,7-8H,4-5H2.